The number of nitrogens with zero attached hydrogens (tertiary/aromatic N) is 2. The monoisotopic (exact) mass is 358 g/mol. The number of hydrogen-bond donors (Lipinski definition) is 0. The second kappa shape index (κ2) is 6.23. The topological polar surface area (TPSA) is 38.5 Å². The van der Waals surface area contributed by atoms with Crippen LogP contribution in [0.5, 0.6) is 5.75 Å². The molecule has 2 aromatic carbocycles. The third kappa shape index (κ3) is 3.31. The molecule has 0 atom stereocenters. The van der Waals surface area contributed by atoms with Crippen LogP contribution in [0, 0.1) is 0 Å². The minimum absolute atomic E-state index is 0.450. The summed E-state index contributed by atoms with van der Waals surface area (Å²) >= 11 is 3.44. The molecule has 0 unspecified atom stereocenters. The highest BCUT2D eigenvalue weighted by Crippen LogP contribution is 2.26. The number of hydrogen-bond acceptors (Lipinski definition) is 4. The number of para-hydroxylation sites is 1. The SMILES string of the molecule is CN(C)/C=C(\Oc1ccccc1)c1nc2cc(Br)ccc2o1. The lowest BCUT2D eigenvalue weighted by Gasteiger charge is -2.10. The maximum atomic E-state index is 5.92. The van der Waals surface area contributed by atoms with Crippen molar-refractivity contribution in [1.29, 1.82) is 0 Å². The van der Waals surface area contributed by atoms with Gasteiger partial charge in [-0.15, -0.1) is 0 Å². The Labute approximate surface area is 137 Å². The zero-order valence-electron chi connectivity index (χ0n) is 12.3. The Bertz CT molecular complexity index is 810. The highest BCUT2D eigenvalue weighted by molar-refractivity contribution is 9.10. The molecule has 3 rings (SSSR count). The summed E-state index contributed by atoms with van der Waals surface area (Å²) in [7, 11) is 3.85. The lowest BCUT2D eigenvalue weighted by molar-refractivity contribution is 0.450. The van der Waals surface area contributed by atoms with Crippen molar-refractivity contribution in [2.75, 3.05) is 14.1 Å². The summed E-state index contributed by atoms with van der Waals surface area (Å²) in [6.07, 6.45) is 1.84. The number of fused-ring (bicyclic) bond motifs is 1. The molecule has 0 radical (unpaired) electrons. The van der Waals surface area contributed by atoms with E-state index in [2.05, 4.69) is 20.9 Å². The molecule has 0 aliphatic heterocycles. The van der Waals surface area contributed by atoms with Crippen molar-refractivity contribution < 1.29 is 9.15 Å². The molecule has 0 saturated heterocycles. The summed E-state index contributed by atoms with van der Waals surface area (Å²) in [6, 6.07) is 15.3. The molecule has 0 bridgehead atoms. The lowest BCUT2D eigenvalue weighted by Crippen LogP contribution is -2.06. The van der Waals surface area contributed by atoms with E-state index in [0.29, 0.717) is 11.6 Å². The van der Waals surface area contributed by atoms with Crippen LogP contribution in [0.1, 0.15) is 5.89 Å². The van der Waals surface area contributed by atoms with Gasteiger partial charge in [0.2, 0.25) is 5.76 Å². The fourth-order valence-electron chi connectivity index (χ4n) is 1.98. The standard InChI is InChI=1S/C17H15BrN2O2/c1-20(2)11-16(21-13-6-4-3-5-7-13)17-19-14-10-12(18)8-9-15(14)22-17/h3-11H,1-2H3/b16-11-. The summed E-state index contributed by atoms with van der Waals surface area (Å²) < 4.78 is 12.7. The van der Waals surface area contributed by atoms with Crippen LogP contribution in [0.15, 0.2) is 63.6 Å². The Morgan fingerprint density at radius 1 is 1.18 bits per heavy atom. The van der Waals surface area contributed by atoms with E-state index in [1.165, 1.54) is 0 Å². The van der Waals surface area contributed by atoms with E-state index in [1.807, 2.05) is 73.7 Å². The van der Waals surface area contributed by atoms with Gasteiger partial charge in [-0.2, -0.15) is 0 Å². The predicted octanol–water partition coefficient (Wildman–Crippen LogP) is 4.53. The number of aromatic nitrogens is 1. The minimum atomic E-state index is 0.450. The normalized spacial score (nSPS) is 11.7. The van der Waals surface area contributed by atoms with Gasteiger partial charge in [0.25, 0.3) is 5.89 Å². The molecule has 1 aromatic heterocycles. The Morgan fingerprint density at radius 2 is 1.95 bits per heavy atom. The first-order valence-corrected chi connectivity index (χ1v) is 7.59. The van der Waals surface area contributed by atoms with E-state index in [1.54, 1.807) is 0 Å². The van der Waals surface area contributed by atoms with Gasteiger partial charge < -0.3 is 14.1 Å². The van der Waals surface area contributed by atoms with E-state index in [-0.39, 0.29) is 0 Å². The first kappa shape index (κ1) is 14.7. The summed E-state index contributed by atoms with van der Waals surface area (Å²) in [5, 5.41) is 0. The molecule has 0 fully saturated rings. The third-order valence-electron chi connectivity index (χ3n) is 2.91. The Morgan fingerprint density at radius 3 is 2.68 bits per heavy atom. The number of halogens is 1. The van der Waals surface area contributed by atoms with Crippen LogP contribution in [-0.2, 0) is 0 Å². The van der Waals surface area contributed by atoms with Gasteiger partial charge in [-0.1, -0.05) is 34.1 Å². The van der Waals surface area contributed by atoms with Crippen LogP contribution < -0.4 is 4.74 Å². The number of rotatable bonds is 4. The van der Waals surface area contributed by atoms with Crippen molar-refractivity contribution in [2.24, 2.45) is 0 Å². The highest BCUT2D eigenvalue weighted by Gasteiger charge is 2.14. The summed E-state index contributed by atoms with van der Waals surface area (Å²) in [4.78, 5) is 6.40. The summed E-state index contributed by atoms with van der Waals surface area (Å²) in [5.74, 6) is 1.74. The smallest absolute Gasteiger partial charge is 0.265 e. The molecule has 0 saturated carbocycles. The predicted molar refractivity (Wildman–Crippen MR) is 90.4 cm³/mol. The average molecular weight is 359 g/mol. The number of oxazole rings is 1. The largest absolute Gasteiger partial charge is 0.450 e. The zero-order valence-corrected chi connectivity index (χ0v) is 13.9. The van der Waals surface area contributed by atoms with E-state index < -0.39 is 0 Å². The van der Waals surface area contributed by atoms with Gasteiger partial charge in [0.15, 0.2) is 5.58 Å². The first-order chi connectivity index (χ1) is 10.6. The Balaban J connectivity index is 2.00. The van der Waals surface area contributed by atoms with Gasteiger partial charge in [-0.05, 0) is 30.3 Å². The van der Waals surface area contributed by atoms with Crippen molar-refractivity contribution >= 4 is 32.8 Å². The van der Waals surface area contributed by atoms with Gasteiger partial charge in [-0.25, -0.2) is 4.98 Å². The summed E-state index contributed by atoms with van der Waals surface area (Å²) in [6.45, 7) is 0. The summed E-state index contributed by atoms with van der Waals surface area (Å²) in [5.41, 5.74) is 1.50. The minimum Gasteiger partial charge on any atom is -0.450 e. The van der Waals surface area contributed by atoms with Crippen molar-refractivity contribution in [2.45, 2.75) is 0 Å². The van der Waals surface area contributed by atoms with E-state index >= 15 is 0 Å². The average Bonchev–Trinajstić information content (AvgIpc) is 2.90. The van der Waals surface area contributed by atoms with Crippen LogP contribution in [-0.4, -0.2) is 24.0 Å². The van der Waals surface area contributed by atoms with Gasteiger partial charge >= 0.3 is 0 Å². The molecule has 4 nitrogen and oxygen atoms in total. The lowest BCUT2D eigenvalue weighted by atomic mass is 10.3. The van der Waals surface area contributed by atoms with Crippen LogP contribution in [0.2, 0.25) is 0 Å². The molecule has 22 heavy (non-hydrogen) atoms. The molecule has 3 aromatic rings. The molecule has 5 heteroatoms. The van der Waals surface area contributed by atoms with Crippen LogP contribution >= 0.6 is 15.9 Å². The highest BCUT2D eigenvalue weighted by atomic mass is 79.9. The molecular weight excluding hydrogens is 344 g/mol. The zero-order chi connectivity index (χ0) is 15.5. The van der Waals surface area contributed by atoms with Gasteiger partial charge in [-0.3, -0.25) is 0 Å². The van der Waals surface area contributed by atoms with Crippen LogP contribution in [0.4, 0.5) is 0 Å². The van der Waals surface area contributed by atoms with Crippen molar-refractivity contribution in [3.63, 3.8) is 0 Å². The molecule has 1 heterocycles. The first-order valence-electron chi connectivity index (χ1n) is 6.79. The second-order valence-electron chi connectivity index (χ2n) is 5.00. The molecule has 0 N–H and O–H groups in total. The molecule has 0 aliphatic carbocycles. The number of benzene rings is 2. The van der Waals surface area contributed by atoms with E-state index in [9.17, 15) is 0 Å². The number of ether oxygens (including phenoxy) is 1. The van der Waals surface area contributed by atoms with Crippen molar-refractivity contribution in [3.05, 3.63) is 65.1 Å². The molecular formula is C17H15BrN2O2. The maximum Gasteiger partial charge on any atom is 0.265 e. The molecule has 0 spiro atoms. The van der Waals surface area contributed by atoms with Crippen LogP contribution in [0.25, 0.3) is 16.9 Å². The maximum absolute atomic E-state index is 5.92. The van der Waals surface area contributed by atoms with Crippen molar-refractivity contribution in [1.82, 2.24) is 9.88 Å². The van der Waals surface area contributed by atoms with Gasteiger partial charge in [0.05, 0.1) is 0 Å². The Hall–Kier alpha value is -2.27. The fourth-order valence-corrected chi connectivity index (χ4v) is 2.33. The van der Waals surface area contributed by atoms with Gasteiger partial charge in [0, 0.05) is 24.8 Å². The van der Waals surface area contributed by atoms with Crippen molar-refractivity contribution in [3.8, 4) is 5.75 Å². The molecule has 0 aliphatic rings. The Kier molecular flexibility index (Phi) is 4.15. The van der Waals surface area contributed by atoms with Crippen LogP contribution in [0.3, 0.4) is 0 Å². The van der Waals surface area contributed by atoms with E-state index in [4.69, 9.17) is 9.15 Å². The second-order valence-corrected chi connectivity index (χ2v) is 5.92. The quantitative estimate of drug-likeness (QED) is 0.642. The fraction of sp³-hybridized carbons (Fsp3) is 0.118. The van der Waals surface area contributed by atoms with E-state index in [0.717, 1.165) is 21.3 Å². The molecule has 0 amide bonds. The van der Waals surface area contributed by atoms with Gasteiger partial charge in [0.1, 0.15) is 11.3 Å². The molecule has 112 valence electrons. The third-order valence-corrected chi connectivity index (χ3v) is 3.40.